The van der Waals surface area contributed by atoms with E-state index in [0.29, 0.717) is 35.7 Å². The van der Waals surface area contributed by atoms with Gasteiger partial charge in [-0.25, -0.2) is 13.4 Å². The Morgan fingerprint density at radius 3 is 2.69 bits per heavy atom. The molecule has 0 saturated heterocycles. The first-order valence-corrected chi connectivity index (χ1v) is 13.2. The first-order valence-electron chi connectivity index (χ1n) is 11.4. The van der Waals surface area contributed by atoms with Crippen LogP contribution < -0.4 is 14.5 Å². The summed E-state index contributed by atoms with van der Waals surface area (Å²) in [7, 11) is -1.82. The summed E-state index contributed by atoms with van der Waals surface area (Å²) < 4.78 is 28.4. The highest BCUT2D eigenvalue weighted by molar-refractivity contribution is 7.92. The van der Waals surface area contributed by atoms with E-state index in [2.05, 4.69) is 14.6 Å². The second-order valence-electron chi connectivity index (χ2n) is 8.82. The molecular formula is C25H25ClN4O4S. The minimum absolute atomic E-state index is 0.172. The Morgan fingerprint density at radius 1 is 1.11 bits per heavy atom. The molecule has 1 unspecified atom stereocenters. The molecule has 8 nitrogen and oxygen atoms in total. The lowest BCUT2D eigenvalue weighted by Gasteiger charge is -2.23. The molecule has 2 N–H and O–H groups in total. The molecule has 0 saturated carbocycles. The van der Waals surface area contributed by atoms with Gasteiger partial charge in [0.2, 0.25) is 0 Å². The Kier molecular flexibility index (Phi) is 6.16. The van der Waals surface area contributed by atoms with E-state index < -0.39 is 16.1 Å². The van der Waals surface area contributed by atoms with Crippen LogP contribution in [0.2, 0.25) is 5.02 Å². The Bertz CT molecular complexity index is 1400. The standard InChI is InChI=1S/C25H25ClN4O4S/c1-29-12-10-16-13-19(6-9-22(16)29)35(33,34)28-18-5-7-21(27-15-18)25(32)30-11-2-3-24(31)20-14-17(26)4-8-23(20)30/h4-9,13-15,24,28,31H,2-3,10-12H2,1H3. The van der Waals surface area contributed by atoms with Crippen molar-refractivity contribution in [3.05, 3.63) is 76.6 Å². The minimum Gasteiger partial charge on any atom is -0.388 e. The van der Waals surface area contributed by atoms with Gasteiger partial charge in [0, 0.05) is 42.1 Å². The molecule has 0 radical (unpaired) electrons. The Hall–Kier alpha value is -3.14. The largest absolute Gasteiger partial charge is 0.388 e. The number of anilines is 3. The van der Waals surface area contributed by atoms with E-state index in [1.807, 2.05) is 13.1 Å². The molecule has 2 aliphatic rings. The molecule has 2 aromatic carbocycles. The highest BCUT2D eigenvalue weighted by atomic mass is 35.5. The smallest absolute Gasteiger partial charge is 0.276 e. The number of nitrogens with one attached hydrogen (secondary N) is 1. The maximum absolute atomic E-state index is 13.3. The van der Waals surface area contributed by atoms with Gasteiger partial charge in [0.05, 0.1) is 22.9 Å². The Balaban J connectivity index is 1.36. The van der Waals surface area contributed by atoms with Crippen molar-refractivity contribution in [1.82, 2.24) is 4.98 Å². The van der Waals surface area contributed by atoms with E-state index in [4.69, 9.17) is 11.6 Å². The number of fused-ring (bicyclic) bond motifs is 2. The normalized spacial score (nSPS) is 17.5. The third-order valence-corrected chi connectivity index (χ3v) is 8.08. The molecule has 5 rings (SSSR count). The number of nitrogens with zero attached hydrogens (tertiary/aromatic N) is 3. The van der Waals surface area contributed by atoms with Crippen LogP contribution in [0.25, 0.3) is 0 Å². The number of aliphatic hydroxyl groups is 1. The molecule has 0 spiro atoms. The summed E-state index contributed by atoms with van der Waals surface area (Å²) in [6.07, 6.45) is 2.57. The van der Waals surface area contributed by atoms with E-state index in [9.17, 15) is 18.3 Å². The number of amides is 1. The van der Waals surface area contributed by atoms with Crippen LogP contribution in [0, 0.1) is 0 Å². The van der Waals surface area contributed by atoms with Crippen molar-refractivity contribution in [3.8, 4) is 0 Å². The number of carbonyl (C=O) groups is 1. The molecule has 0 bridgehead atoms. The first kappa shape index (κ1) is 23.6. The second kappa shape index (κ2) is 9.14. The van der Waals surface area contributed by atoms with Crippen LogP contribution in [0.5, 0.6) is 0 Å². The van der Waals surface area contributed by atoms with Crippen molar-refractivity contribution in [2.45, 2.75) is 30.3 Å². The average molecular weight is 513 g/mol. The highest BCUT2D eigenvalue weighted by Gasteiger charge is 2.27. The van der Waals surface area contributed by atoms with Crippen molar-refractivity contribution >= 4 is 44.6 Å². The van der Waals surface area contributed by atoms with E-state index in [0.717, 1.165) is 24.2 Å². The van der Waals surface area contributed by atoms with Gasteiger partial charge in [0.1, 0.15) is 5.69 Å². The molecule has 182 valence electrons. The number of carbonyl (C=O) groups excluding carboxylic acids is 1. The zero-order valence-corrected chi connectivity index (χ0v) is 20.7. The van der Waals surface area contributed by atoms with Gasteiger partial charge in [0.15, 0.2) is 0 Å². The molecule has 1 amide bonds. The number of benzene rings is 2. The fourth-order valence-electron chi connectivity index (χ4n) is 4.61. The SMILES string of the molecule is CN1CCc2cc(S(=O)(=O)Nc3ccc(C(=O)N4CCCC(O)c5cc(Cl)ccc54)nc3)ccc21. The highest BCUT2D eigenvalue weighted by Crippen LogP contribution is 2.35. The van der Waals surface area contributed by atoms with Gasteiger partial charge < -0.3 is 14.9 Å². The van der Waals surface area contributed by atoms with Crippen molar-refractivity contribution in [2.24, 2.45) is 0 Å². The number of hydrogen-bond donors (Lipinski definition) is 2. The molecule has 3 aromatic rings. The van der Waals surface area contributed by atoms with E-state index >= 15 is 0 Å². The maximum Gasteiger partial charge on any atom is 0.276 e. The van der Waals surface area contributed by atoms with Crippen molar-refractivity contribution in [3.63, 3.8) is 0 Å². The molecular weight excluding hydrogens is 488 g/mol. The van der Waals surface area contributed by atoms with Gasteiger partial charge in [-0.05, 0) is 73.4 Å². The number of aliphatic hydroxyl groups excluding tert-OH is 1. The third-order valence-electron chi connectivity index (χ3n) is 6.47. The van der Waals surface area contributed by atoms with Crippen LogP contribution in [0.1, 0.15) is 40.6 Å². The van der Waals surface area contributed by atoms with Gasteiger partial charge in [-0.3, -0.25) is 9.52 Å². The lowest BCUT2D eigenvalue weighted by Crippen LogP contribution is -2.32. The van der Waals surface area contributed by atoms with Gasteiger partial charge in [-0.2, -0.15) is 0 Å². The fourth-order valence-corrected chi connectivity index (χ4v) is 5.89. The number of halogens is 1. The van der Waals surface area contributed by atoms with Crippen molar-refractivity contribution in [2.75, 3.05) is 34.7 Å². The van der Waals surface area contributed by atoms with Crippen LogP contribution in [0.4, 0.5) is 17.1 Å². The Labute approximate surface area is 209 Å². The van der Waals surface area contributed by atoms with Crippen molar-refractivity contribution in [1.29, 1.82) is 0 Å². The average Bonchev–Trinajstić information content (AvgIpc) is 3.13. The van der Waals surface area contributed by atoms with Gasteiger partial charge in [0.25, 0.3) is 15.9 Å². The van der Waals surface area contributed by atoms with Crippen molar-refractivity contribution < 1.29 is 18.3 Å². The van der Waals surface area contributed by atoms with Gasteiger partial charge >= 0.3 is 0 Å². The number of aromatic nitrogens is 1. The summed E-state index contributed by atoms with van der Waals surface area (Å²) >= 11 is 6.10. The summed E-state index contributed by atoms with van der Waals surface area (Å²) in [6, 6.07) is 13.2. The lowest BCUT2D eigenvalue weighted by atomic mass is 10.0. The van der Waals surface area contributed by atoms with E-state index in [1.54, 1.807) is 35.2 Å². The van der Waals surface area contributed by atoms with Crippen LogP contribution in [-0.2, 0) is 16.4 Å². The predicted molar refractivity (Wildman–Crippen MR) is 136 cm³/mol. The van der Waals surface area contributed by atoms with Gasteiger partial charge in [-0.1, -0.05) is 11.6 Å². The monoisotopic (exact) mass is 512 g/mol. The minimum atomic E-state index is -3.81. The number of likely N-dealkylation sites (N-methyl/N-ethyl adjacent to an activating group) is 1. The number of rotatable bonds is 4. The van der Waals surface area contributed by atoms with Crippen LogP contribution in [0.15, 0.2) is 59.6 Å². The summed E-state index contributed by atoms with van der Waals surface area (Å²) in [5, 5.41) is 10.9. The number of hydrogen-bond acceptors (Lipinski definition) is 6. The fraction of sp³-hybridized carbons (Fsp3) is 0.280. The van der Waals surface area contributed by atoms with Crippen LogP contribution >= 0.6 is 11.6 Å². The quantitative estimate of drug-likeness (QED) is 0.547. The zero-order valence-electron chi connectivity index (χ0n) is 19.1. The van der Waals surface area contributed by atoms with Crippen LogP contribution in [0.3, 0.4) is 0 Å². The third kappa shape index (κ3) is 4.59. The van der Waals surface area contributed by atoms with E-state index in [-0.39, 0.29) is 22.2 Å². The van der Waals surface area contributed by atoms with Crippen LogP contribution in [-0.4, -0.2) is 44.6 Å². The van der Waals surface area contributed by atoms with Gasteiger partial charge in [-0.15, -0.1) is 0 Å². The number of pyridine rings is 1. The molecule has 10 heteroatoms. The Morgan fingerprint density at radius 2 is 1.91 bits per heavy atom. The zero-order chi connectivity index (χ0) is 24.7. The summed E-state index contributed by atoms with van der Waals surface area (Å²) in [4.78, 5) is 21.4. The molecule has 1 atom stereocenters. The molecule has 35 heavy (non-hydrogen) atoms. The lowest BCUT2D eigenvalue weighted by molar-refractivity contribution is 0.0982. The molecule has 0 fully saturated rings. The maximum atomic E-state index is 13.3. The topological polar surface area (TPSA) is 103 Å². The molecule has 0 aliphatic carbocycles. The summed E-state index contributed by atoms with van der Waals surface area (Å²) in [5.74, 6) is -0.333. The second-order valence-corrected chi connectivity index (χ2v) is 10.9. The number of sulfonamides is 1. The molecule has 3 heterocycles. The predicted octanol–water partition coefficient (Wildman–Crippen LogP) is 4.00. The molecule has 1 aromatic heterocycles. The summed E-state index contributed by atoms with van der Waals surface area (Å²) in [5.41, 5.74) is 3.67. The van der Waals surface area contributed by atoms with E-state index in [1.165, 1.54) is 18.3 Å². The first-order chi connectivity index (χ1) is 16.7. The summed E-state index contributed by atoms with van der Waals surface area (Å²) in [6.45, 7) is 1.28. The molecule has 2 aliphatic heterocycles.